The van der Waals surface area contributed by atoms with Gasteiger partial charge in [0.2, 0.25) is 0 Å². The predicted octanol–water partition coefficient (Wildman–Crippen LogP) is 1.86. The Morgan fingerprint density at radius 2 is 2.33 bits per heavy atom. The molecule has 92 valence electrons. The van der Waals surface area contributed by atoms with Crippen molar-refractivity contribution in [3.63, 3.8) is 0 Å². The summed E-state index contributed by atoms with van der Waals surface area (Å²) in [4.78, 5) is 16.7. The van der Waals surface area contributed by atoms with Crippen LogP contribution in [0.2, 0.25) is 0 Å². The van der Waals surface area contributed by atoms with Crippen molar-refractivity contribution in [3.8, 4) is 12.3 Å². The molecular formula is C13H13N3OS. The average molecular weight is 259 g/mol. The molecule has 1 amide bonds. The number of nitrogens with zero attached hydrogens (tertiary/aromatic N) is 1. The highest BCUT2D eigenvalue weighted by Crippen LogP contribution is 2.35. The van der Waals surface area contributed by atoms with Crippen LogP contribution >= 0.6 is 11.3 Å². The largest absolute Gasteiger partial charge is 0.397 e. The second-order valence-electron chi connectivity index (χ2n) is 3.95. The van der Waals surface area contributed by atoms with Crippen molar-refractivity contribution in [2.45, 2.75) is 13.8 Å². The van der Waals surface area contributed by atoms with Gasteiger partial charge in [0.25, 0.3) is 5.91 Å². The summed E-state index contributed by atoms with van der Waals surface area (Å²) in [7, 11) is 0. The third-order valence-corrected chi connectivity index (χ3v) is 3.73. The van der Waals surface area contributed by atoms with Crippen LogP contribution in [0.3, 0.4) is 0 Å². The second-order valence-corrected chi connectivity index (χ2v) is 5.01. The molecule has 0 aromatic carbocycles. The van der Waals surface area contributed by atoms with E-state index in [0.29, 0.717) is 10.6 Å². The van der Waals surface area contributed by atoms with Gasteiger partial charge in [0.05, 0.1) is 12.2 Å². The van der Waals surface area contributed by atoms with E-state index in [-0.39, 0.29) is 12.5 Å². The smallest absolute Gasteiger partial charge is 0.264 e. The fourth-order valence-electron chi connectivity index (χ4n) is 1.86. The van der Waals surface area contributed by atoms with E-state index in [2.05, 4.69) is 16.2 Å². The van der Waals surface area contributed by atoms with Gasteiger partial charge in [-0.1, -0.05) is 5.92 Å². The average Bonchev–Trinajstić information content (AvgIpc) is 2.63. The highest BCUT2D eigenvalue weighted by molar-refractivity contribution is 7.21. The van der Waals surface area contributed by atoms with Gasteiger partial charge in [-0.05, 0) is 19.9 Å². The zero-order valence-corrected chi connectivity index (χ0v) is 11.0. The third kappa shape index (κ3) is 2.03. The molecule has 0 radical (unpaired) electrons. The van der Waals surface area contributed by atoms with Gasteiger partial charge in [0.1, 0.15) is 4.88 Å². The van der Waals surface area contributed by atoms with E-state index in [9.17, 15) is 4.79 Å². The number of amides is 1. The zero-order valence-electron chi connectivity index (χ0n) is 10.2. The van der Waals surface area contributed by atoms with Crippen molar-refractivity contribution < 1.29 is 4.79 Å². The van der Waals surface area contributed by atoms with Gasteiger partial charge in [-0.2, -0.15) is 0 Å². The molecule has 0 unspecified atom stereocenters. The Balaban J connectivity index is 2.54. The number of nitrogens with two attached hydrogens (primary N) is 1. The number of carbonyl (C=O) groups excluding carboxylic acids is 1. The fourth-order valence-corrected chi connectivity index (χ4v) is 3.05. The molecule has 2 heterocycles. The molecule has 0 bridgehead atoms. The highest BCUT2D eigenvalue weighted by Gasteiger charge is 2.17. The lowest BCUT2D eigenvalue weighted by molar-refractivity contribution is 0.0963. The van der Waals surface area contributed by atoms with Crippen LogP contribution in [0.15, 0.2) is 6.07 Å². The lowest BCUT2D eigenvalue weighted by atomic mass is 10.2. The first kappa shape index (κ1) is 12.4. The van der Waals surface area contributed by atoms with Gasteiger partial charge in [0, 0.05) is 21.5 Å². The predicted molar refractivity (Wildman–Crippen MR) is 74.7 cm³/mol. The van der Waals surface area contributed by atoms with Gasteiger partial charge < -0.3 is 11.1 Å². The molecule has 0 aliphatic rings. The molecule has 0 spiro atoms. The van der Waals surface area contributed by atoms with Crippen LogP contribution in [0.4, 0.5) is 5.69 Å². The maximum Gasteiger partial charge on any atom is 0.264 e. The number of aryl methyl sites for hydroxylation is 2. The number of hydrogen-bond acceptors (Lipinski definition) is 4. The number of pyridine rings is 1. The van der Waals surface area contributed by atoms with E-state index >= 15 is 0 Å². The molecule has 3 N–H and O–H groups in total. The molecule has 18 heavy (non-hydrogen) atoms. The van der Waals surface area contributed by atoms with Crippen LogP contribution in [0.5, 0.6) is 0 Å². The highest BCUT2D eigenvalue weighted by atomic mass is 32.1. The summed E-state index contributed by atoms with van der Waals surface area (Å²) in [6.07, 6.45) is 5.11. The molecule has 0 aliphatic carbocycles. The van der Waals surface area contributed by atoms with Crippen molar-refractivity contribution in [2.24, 2.45) is 0 Å². The summed E-state index contributed by atoms with van der Waals surface area (Å²) >= 11 is 1.37. The maximum atomic E-state index is 11.9. The molecule has 0 aliphatic heterocycles. The first-order valence-electron chi connectivity index (χ1n) is 5.42. The van der Waals surface area contributed by atoms with Gasteiger partial charge >= 0.3 is 0 Å². The normalized spacial score (nSPS) is 10.3. The van der Waals surface area contributed by atoms with Gasteiger partial charge in [0.15, 0.2) is 0 Å². The van der Waals surface area contributed by atoms with Crippen LogP contribution < -0.4 is 11.1 Å². The first-order valence-corrected chi connectivity index (χ1v) is 6.24. The number of anilines is 1. The number of thiophene rings is 1. The number of aromatic nitrogens is 1. The minimum Gasteiger partial charge on any atom is -0.397 e. The van der Waals surface area contributed by atoms with Crippen molar-refractivity contribution in [2.75, 3.05) is 12.3 Å². The van der Waals surface area contributed by atoms with Crippen molar-refractivity contribution in [1.29, 1.82) is 0 Å². The van der Waals surface area contributed by atoms with E-state index in [1.165, 1.54) is 11.3 Å². The Labute approximate surface area is 109 Å². The molecule has 0 fully saturated rings. The SMILES string of the molecule is C#CCNC(=O)c1sc2cc(C)nc(C)c2c1N. The van der Waals surface area contributed by atoms with Crippen molar-refractivity contribution in [1.82, 2.24) is 10.3 Å². The monoisotopic (exact) mass is 259 g/mol. The molecule has 0 atom stereocenters. The van der Waals surface area contributed by atoms with Crippen LogP contribution in [-0.4, -0.2) is 17.4 Å². The van der Waals surface area contributed by atoms with Gasteiger partial charge in [-0.25, -0.2) is 0 Å². The quantitative estimate of drug-likeness (QED) is 0.809. The summed E-state index contributed by atoms with van der Waals surface area (Å²) in [5.41, 5.74) is 8.26. The zero-order chi connectivity index (χ0) is 13.3. The van der Waals surface area contributed by atoms with Crippen LogP contribution in [0.1, 0.15) is 21.1 Å². The molecule has 2 rings (SSSR count). The molecule has 0 saturated heterocycles. The van der Waals surface area contributed by atoms with Crippen LogP contribution in [0, 0.1) is 26.2 Å². The van der Waals surface area contributed by atoms with Crippen LogP contribution in [-0.2, 0) is 0 Å². The Bertz CT molecular complexity index is 667. The Hall–Kier alpha value is -2.06. The topological polar surface area (TPSA) is 68.0 Å². The number of hydrogen-bond donors (Lipinski definition) is 2. The molecule has 4 nitrogen and oxygen atoms in total. The third-order valence-electron chi connectivity index (χ3n) is 2.58. The lowest BCUT2D eigenvalue weighted by Gasteiger charge is -2.01. The van der Waals surface area contributed by atoms with E-state index in [0.717, 1.165) is 21.5 Å². The van der Waals surface area contributed by atoms with E-state index < -0.39 is 0 Å². The van der Waals surface area contributed by atoms with E-state index in [1.54, 1.807) is 0 Å². The molecule has 2 aromatic rings. The number of terminal acetylenes is 1. The number of carbonyl (C=O) groups is 1. The Kier molecular flexibility index (Phi) is 3.21. The molecular weight excluding hydrogens is 246 g/mol. The maximum absolute atomic E-state index is 11.9. The molecule has 0 saturated carbocycles. The lowest BCUT2D eigenvalue weighted by Crippen LogP contribution is -2.23. The molecule has 5 heteroatoms. The second kappa shape index (κ2) is 4.67. The minimum absolute atomic E-state index is 0.197. The standard InChI is InChI=1S/C13H13N3OS/c1-4-5-15-13(17)12-11(14)10-8(3)16-7(2)6-9(10)18-12/h1,6H,5,14H2,2-3H3,(H,15,17). The summed E-state index contributed by atoms with van der Waals surface area (Å²) < 4.78 is 0.975. The fraction of sp³-hybridized carbons (Fsp3) is 0.231. The van der Waals surface area contributed by atoms with Gasteiger partial charge in [-0.3, -0.25) is 9.78 Å². The molecule has 2 aromatic heterocycles. The number of nitrogen functional groups attached to an aromatic ring is 1. The summed E-state index contributed by atoms with van der Waals surface area (Å²) in [6, 6.07) is 1.93. The summed E-state index contributed by atoms with van der Waals surface area (Å²) in [5.74, 6) is 2.13. The van der Waals surface area contributed by atoms with Crippen LogP contribution in [0.25, 0.3) is 10.1 Å². The number of fused-ring (bicyclic) bond motifs is 1. The number of rotatable bonds is 2. The van der Waals surface area contributed by atoms with E-state index in [4.69, 9.17) is 12.2 Å². The van der Waals surface area contributed by atoms with Crippen molar-refractivity contribution in [3.05, 3.63) is 22.3 Å². The first-order chi connectivity index (χ1) is 8.54. The Morgan fingerprint density at radius 3 is 3.00 bits per heavy atom. The Morgan fingerprint density at radius 1 is 1.61 bits per heavy atom. The van der Waals surface area contributed by atoms with E-state index in [1.807, 2.05) is 19.9 Å². The van der Waals surface area contributed by atoms with Crippen molar-refractivity contribution >= 4 is 33.0 Å². The van der Waals surface area contributed by atoms with Gasteiger partial charge in [-0.15, -0.1) is 17.8 Å². The summed E-state index contributed by atoms with van der Waals surface area (Å²) in [5, 5.41) is 3.48. The minimum atomic E-state index is -0.233. The summed E-state index contributed by atoms with van der Waals surface area (Å²) in [6.45, 7) is 4.00. The number of nitrogens with one attached hydrogen (secondary N) is 1.